The monoisotopic (exact) mass is 430 g/mol. The number of alkyl halides is 3. The Kier molecular flexibility index (Phi) is 6.04. The van der Waals surface area contributed by atoms with E-state index < -0.39 is 12.1 Å². The van der Waals surface area contributed by atoms with Gasteiger partial charge < -0.3 is 14.4 Å². The largest absolute Gasteiger partial charge is 0.490 e. The summed E-state index contributed by atoms with van der Waals surface area (Å²) >= 11 is 1.88. The normalized spacial score (nSPS) is 18.3. The molecular formula is C19H21F3N2O4S. The summed E-state index contributed by atoms with van der Waals surface area (Å²) < 4.78 is 36.8. The third-order valence-corrected chi connectivity index (χ3v) is 6.02. The van der Waals surface area contributed by atoms with Gasteiger partial charge in [-0.25, -0.2) is 4.79 Å². The maximum Gasteiger partial charge on any atom is 0.490 e. The number of aliphatic carboxylic acids is 1. The number of carbonyl (C=O) groups excluding carboxylic acids is 1. The van der Waals surface area contributed by atoms with Crippen LogP contribution >= 0.6 is 11.3 Å². The van der Waals surface area contributed by atoms with E-state index >= 15 is 0 Å². The molecule has 29 heavy (non-hydrogen) atoms. The first-order valence-corrected chi connectivity index (χ1v) is 9.79. The number of carboxylic acids is 1. The Morgan fingerprint density at radius 1 is 1.24 bits per heavy atom. The highest BCUT2D eigenvalue weighted by Gasteiger charge is 2.48. The molecule has 1 amide bonds. The molecule has 2 aromatic rings. The van der Waals surface area contributed by atoms with E-state index in [0.717, 1.165) is 39.1 Å². The van der Waals surface area contributed by atoms with E-state index in [-0.39, 0.29) is 5.91 Å². The predicted octanol–water partition coefficient (Wildman–Crippen LogP) is 3.63. The molecular weight excluding hydrogens is 409 g/mol. The van der Waals surface area contributed by atoms with Gasteiger partial charge in [0.05, 0.1) is 11.8 Å². The van der Waals surface area contributed by atoms with Crippen LogP contribution in [0.25, 0.3) is 0 Å². The molecule has 0 bridgehead atoms. The summed E-state index contributed by atoms with van der Waals surface area (Å²) in [5.74, 6) is -2.65. The van der Waals surface area contributed by atoms with Gasteiger partial charge in [-0.05, 0) is 31.5 Å². The molecule has 4 heterocycles. The fraction of sp³-hybridized carbons (Fsp3) is 0.474. The van der Waals surface area contributed by atoms with Crippen molar-refractivity contribution in [3.63, 3.8) is 0 Å². The van der Waals surface area contributed by atoms with Crippen LogP contribution in [-0.2, 0) is 11.3 Å². The zero-order valence-corrected chi connectivity index (χ0v) is 16.6. The maximum atomic E-state index is 12.4. The zero-order valence-electron chi connectivity index (χ0n) is 15.7. The molecule has 10 heteroatoms. The third-order valence-electron chi connectivity index (χ3n) is 5.03. The van der Waals surface area contributed by atoms with Crippen LogP contribution < -0.4 is 0 Å². The lowest BCUT2D eigenvalue weighted by Gasteiger charge is -2.48. The van der Waals surface area contributed by atoms with Gasteiger partial charge in [-0.1, -0.05) is 0 Å². The smallest absolute Gasteiger partial charge is 0.475 e. The lowest BCUT2D eigenvalue weighted by molar-refractivity contribution is -0.192. The highest BCUT2D eigenvalue weighted by atomic mass is 32.1. The maximum absolute atomic E-state index is 12.4. The average Bonchev–Trinajstić information content (AvgIpc) is 3.34. The van der Waals surface area contributed by atoms with Gasteiger partial charge >= 0.3 is 12.1 Å². The molecule has 0 aromatic carbocycles. The molecule has 1 spiro atoms. The molecule has 0 radical (unpaired) electrons. The van der Waals surface area contributed by atoms with Crippen LogP contribution in [0.4, 0.5) is 13.2 Å². The van der Waals surface area contributed by atoms with E-state index in [1.807, 2.05) is 16.2 Å². The topological polar surface area (TPSA) is 74.0 Å². The second-order valence-electron chi connectivity index (χ2n) is 7.45. The summed E-state index contributed by atoms with van der Waals surface area (Å²) in [6.07, 6.45) is -0.858. The van der Waals surface area contributed by atoms with E-state index in [4.69, 9.17) is 14.3 Å². The van der Waals surface area contributed by atoms with Crippen molar-refractivity contribution in [1.82, 2.24) is 9.80 Å². The Morgan fingerprint density at radius 2 is 1.93 bits per heavy atom. The molecule has 2 aliphatic rings. The summed E-state index contributed by atoms with van der Waals surface area (Å²) in [6.45, 7) is 7.18. The minimum Gasteiger partial charge on any atom is -0.475 e. The van der Waals surface area contributed by atoms with Crippen molar-refractivity contribution in [3.8, 4) is 0 Å². The van der Waals surface area contributed by atoms with Crippen LogP contribution in [0.5, 0.6) is 0 Å². The first kappa shape index (κ1) is 21.4. The Labute approximate surface area is 169 Å². The number of amides is 1. The third kappa shape index (κ3) is 5.18. The lowest BCUT2D eigenvalue weighted by Crippen LogP contribution is -2.57. The standard InChI is InChI=1S/C17H20N2O2S.C2HF3O2/c1-13-2-3-15(22-13)8-18-10-17(11-18)5-6-19(12-17)16(20)14-4-7-21-9-14;3-2(4,5)1(6)7/h2-4,7,9H,5-6,8,10-12H2,1H3;(H,6,7). The molecule has 2 aromatic heterocycles. The lowest BCUT2D eigenvalue weighted by atomic mass is 9.79. The van der Waals surface area contributed by atoms with Gasteiger partial charge in [0.1, 0.15) is 6.26 Å². The minimum absolute atomic E-state index is 0.109. The second-order valence-corrected chi connectivity index (χ2v) is 8.82. The van der Waals surface area contributed by atoms with Crippen molar-refractivity contribution in [2.75, 3.05) is 26.2 Å². The Bertz CT molecular complexity index is 857. The van der Waals surface area contributed by atoms with E-state index in [0.29, 0.717) is 11.0 Å². The fourth-order valence-electron chi connectivity index (χ4n) is 3.74. The van der Waals surface area contributed by atoms with Crippen LogP contribution in [0, 0.1) is 12.3 Å². The van der Waals surface area contributed by atoms with Crippen molar-refractivity contribution in [2.24, 2.45) is 5.41 Å². The zero-order chi connectivity index (χ0) is 21.2. The van der Waals surface area contributed by atoms with Crippen LogP contribution in [0.15, 0.2) is 35.1 Å². The molecule has 0 unspecified atom stereocenters. The molecule has 2 saturated heterocycles. The quantitative estimate of drug-likeness (QED) is 0.805. The number of thiophene rings is 1. The number of hydrogen-bond acceptors (Lipinski definition) is 5. The molecule has 2 aliphatic heterocycles. The first-order valence-electron chi connectivity index (χ1n) is 8.97. The molecule has 0 aliphatic carbocycles. The summed E-state index contributed by atoms with van der Waals surface area (Å²) in [5, 5.41) is 7.12. The summed E-state index contributed by atoms with van der Waals surface area (Å²) in [4.78, 5) is 28.6. The highest BCUT2D eigenvalue weighted by molar-refractivity contribution is 7.11. The SMILES string of the molecule is Cc1ccc(CN2CC3(CCN(C(=O)c4ccoc4)C3)C2)s1.O=C(O)C(F)(F)F. The number of aryl methyl sites for hydroxylation is 1. The van der Waals surface area contributed by atoms with E-state index in [2.05, 4.69) is 24.0 Å². The Morgan fingerprint density at radius 3 is 2.45 bits per heavy atom. The van der Waals surface area contributed by atoms with Gasteiger partial charge in [0.2, 0.25) is 0 Å². The van der Waals surface area contributed by atoms with Gasteiger partial charge in [0.15, 0.2) is 0 Å². The van der Waals surface area contributed by atoms with E-state index in [1.165, 1.54) is 9.75 Å². The van der Waals surface area contributed by atoms with Gasteiger partial charge in [-0.2, -0.15) is 13.2 Å². The van der Waals surface area contributed by atoms with Crippen LogP contribution in [0.1, 0.15) is 26.5 Å². The second kappa shape index (κ2) is 8.19. The van der Waals surface area contributed by atoms with E-state index in [9.17, 15) is 18.0 Å². The fourth-order valence-corrected chi connectivity index (χ4v) is 4.67. The minimum atomic E-state index is -5.08. The number of nitrogens with zero attached hydrogens (tertiary/aromatic N) is 2. The van der Waals surface area contributed by atoms with Gasteiger partial charge in [-0.15, -0.1) is 11.3 Å². The number of halogens is 3. The number of carboxylic acid groups (broad SMARTS) is 1. The van der Waals surface area contributed by atoms with Crippen molar-refractivity contribution in [1.29, 1.82) is 0 Å². The number of furan rings is 1. The molecule has 0 atom stereocenters. The van der Waals surface area contributed by atoms with Crippen LogP contribution in [-0.4, -0.2) is 59.1 Å². The van der Waals surface area contributed by atoms with Crippen molar-refractivity contribution >= 4 is 23.2 Å². The molecule has 2 fully saturated rings. The summed E-state index contributed by atoms with van der Waals surface area (Å²) in [7, 11) is 0. The van der Waals surface area contributed by atoms with Crippen LogP contribution in [0.2, 0.25) is 0 Å². The Balaban J connectivity index is 0.000000298. The molecule has 158 valence electrons. The van der Waals surface area contributed by atoms with Crippen LogP contribution in [0.3, 0.4) is 0 Å². The van der Waals surface area contributed by atoms with E-state index in [1.54, 1.807) is 18.6 Å². The number of hydrogen-bond donors (Lipinski definition) is 1. The average molecular weight is 430 g/mol. The highest BCUT2D eigenvalue weighted by Crippen LogP contribution is 2.41. The number of likely N-dealkylation sites (tertiary alicyclic amines) is 2. The number of rotatable bonds is 3. The first-order chi connectivity index (χ1) is 13.6. The Hall–Kier alpha value is -2.33. The van der Waals surface area contributed by atoms with Crippen molar-refractivity contribution in [2.45, 2.75) is 26.1 Å². The van der Waals surface area contributed by atoms with Gasteiger partial charge in [-0.3, -0.25) is 9.69 Å². The van der Waals surface area contributed by atoms with Gasteiger partial charge in [0.25, 0.3) is 5.91 Å². The molecule has 4 rings (SSSR count). The molecule has 6 nitrogen and oxygen atoms in total. The summed E-state index contributed by atoms with van der Waals surface area (Å²) in [5.41, 5.74) is 0.994. The van der Waals surface area contributed by atoms with Crippen molar-refractivity contribution in [3.05, 3.63) is 46.0 Å². The number of carbonyl (C=O) groups is 2. The van der Waals surface area contributed by atoms with Gasteiger partial charge in [0, 0.05) is 47.9 Å². The molecule has 1 N–H and O–H groups in total. The molecule has 0 saturated carbocycles. The summed E-state index contributed by atoms with van der Waals surface area (Å²) in [6, 6.07) is 6.17. The van der Waals surface area contributed by atoms with Crippen molar-refractivity contribution < 1.29 is 32.3 Å². The predicted molar refractivity (Wildman–Crippen MR) is 99.7 cm³/mol.